The summed E-state index contributed by atoms with van der Waals surface area (Å²) in [6, 6.07) is 7.62. The zero-order valence-corrected chi connectivity index (χ0v) is 17.6. The molecule has 32 heavy (non-hydrogen) atoms. The Labute approximate surface area is 181 Å². The fourth-order valence-corrected chi connectivity index (χ4v) is 3.09. The number of rotatable bonds is 7. The van der Waals surface area contributed by atoms with Crippen LogP contribution in [0, 0.1) is 11.6 Å². The number of aromatic nitrogens is 5. The van der Waals surface area contributed by atoms with Gasteiger partial charge in [0, 0.05) is 29.7 Å². The highest BCUT2D eigenvalue weighted by atomic mass is 19.1. The van der Waals surface area contributed by atoms with Gasteiger partial charge in [0.2, 0.25) is 5.95 Å². The minimum atomic E-state index is -0.954. The lowest BCUT2D eigenvalue weighted by molar-refractivity contribution is -0.123. The van der Waals surface area contributed by atoms with Crippen molar-refractivity contribution in [2.24, 2.45) is 7.05 Å². The molecule has 2 aromatic carbocycles. The Morgan fingerprint density at radius 2 is 1.97 bits per heavy atom. The Bertz CT molecular complexity index is 1260. The molecule has 0 unspecified atom stereocenters. The maximum absolute atomic E-state index is 14.5. The number of hydrogen-bond acceptors (Lipinski definition) is 6. The van der Waals surface area contributed by atoms with E-state index in [0.29, 0.717) is 5.95 Å². The van der Waals surface area contributed by atoms with Gasteiger partial charge in [-0.3, -0.25) is 9.89 Å². The zero-order valence-electron chi connectivity index (χ0n) is 17.6. The number of hydrogen-bond donors (Lipinski definition) is 3. The number of carbonyl (C=O) groups excluding carboxylic acids is 1. The quantitative estimate of drug-likeness (QED) is 0.406. The number of H-pyrrole nitrogens is 1. The molecular weight excluding hydrogens is 420 g/mol. The lowest BCUT2D eigenvalue weighted by Gasteiger charge is -2.11. The maximum atomic E-state index is 14.5. The van der Waals surface area contributed by atoms with Crippen LogP contribution < -0.4 is 15.4 Å². The average Bonchev–Trinajstić information content (AvgIpc) is 3.33. The normalized spacial score (nSPS) is 11.2. The van der Waals surface area contributed by atoms with Crippen LogP contribution >= 0.6 is 0 Å². The van der Waals surface area contributed by atoms with Crippen LogP contribution in [0.25, 0.3) is 22.3 Å². The van der Waals surface area contributed by atoms with Gasteiger partial charge in [0.05, 0.1) is 11.7 Å². The third kappa shape index (κ3) is 4.51. The highest BCUT2D eigenvalue weighted by molar-refractivity contribution is 5.82. The molecule has 0 radical (unpaired) electrons. The molecule has 11 heteroatoms. The third-order valence-electron chi connectivity index (χ3n) is 4.51. The summed E-state index contributed by atoms with van der Waals surface area (Å²) in [5, 5.41) is 17.7. The molecular formula is C21H21F2N7O2. The van der Waals surface area contributed by atoms with Crippen LogP contribution in [-0.2, 0) is 11.8 Å². The summed E-state index contributed by atoms with van der Waals surface area (Å²) in [5.41, 5.74) is 1.78. The van der Waals surface area contributed by atoms with Gasteiger partial charge in [-0.25, -0.2) is 13.5 Å². The Kier molecular flexibility index (Phi) is 5.71. The number of fused-ring (bicyclic) bond motifs is 1. The molecule has 0 spiro atoms. The number of nitrogens with one attached hydrogen (secondary N) is 3. The van der Waals surface area contributed by atoms with Gasteiger partial charge < -0.3 is 15.4 Å². The van der Waals surface area contributed by atoms with Gasteiger partial charge in [0.15, 0.2) is 29.8 Å². The van der Waals surface area contributed by atoms with E-state index in [1.165, 1.54) is 4.68 Å². The molecule has 0 aliphatic rings. The van der Waals surface area contributed by atoms with Crippen LogP contribution in [0.1, 0.15) is 13.8 Å². The van der Waals surface area contributed by atoms with Crippen molar-refractivity contribution in [3.8, 4) is 17.1 Å². The van der Waals surface area contributed by atoms with Crippen molar-refractivity contribution in [3.63, 3.8) is 0 Å². The predicted molar refractivity (Wildman–Crippen MR) is 115 cm³/mol. The van der Waals surface area contributed by atoms with Gasteiger partial charge in [-0.2, -0.15) is 10.1 Å². The van der Waals surface area contributed by atoms with E-state index < -0.39 is 29.9 Å². The average molecular weight is 441 g/mol. The van der Waals surface area contributed by atoms with Crippen molar-refractivity contribution in [3.05, 3.63) is 48.2 Å². The summed E-state index contributed by atoms with van der Waals surface area (Å²) >= 11 is 0. The Morgan fingerprint density at radius 3 is 2.69 bits per heavy atom. The third-order valence-corrected chi connectivity index (χ3v) is 4.51. The first-order valence-electron chi connectivity index (χ1n) is 9.83. The van der Waals surface area contributed by atoms with E-state index in [9.17, 15) is 13.6 Å². The zero-order chi connectivity index (χ0) is 22.8. The first kappa shape index (κ1) is 21.2. The molecule has 2 aromatic heterocycles. The summed E-state index contributed by atoms with van der Waals surface area (Å²) < 4.78 is 35.5. The van der Waals surface area contributed by atoms with Crippen molar-refractivity contribution in [2.45, 2.75) is 19.9 Å². The summed E-state index contributed by atoms with van der Waals surface area (Å²) in [4.78, 5) is 16.0. The SMILES string of the molecule is CC(C)NC(=O)COc1c(F)cc(-c2nc(Nc3ccc4[nH]ncc4c3)n(C)n2)cc1F. The van der Waals surface area contributed by atoms with Crippen molar-refractivity contribution < 1.29 is 18.3 Å². The van der Waals surface area contributed by atoms with Gasteiger partial charge in [0.25, 0.3) is 5.91 Å². The molecule has 3 N–H and O–H groups in total. The van der Waals surface area contributed by atoms with Crippen molar-refractivity contribution in [2.75, 3.05) is 11.9 Å². The second-order valence-corrected chi connectivity index (χ2v) is 7.46. The maximum Gasteiger partial charge on any atom is 0.258 e. The van der Waals surface area contributed by atoms with Gasteiger partial charge in [0.1, 0.15) is 0 Å². The number of aromatic amines is 1. The lowest BCUT2D eigenvalue weighted by atomic mass is 10.2. The second-order valence-electron chi connectivity index (χ2n) is 7.46. The van der Waals surface area contributed by atoms with Gasteiger partial charge in [-0.05, 0) is 44.2 Å². The fourth-order valence-electron chi connectivity index (χ4n) is 3.09. The summed E-state index contributed by atoms with van der Waals surface area (Å²) in [7, 11) is 1.66. The van der Waals surface area contributed by atoms with Crippen molar-refractivity contribution in [1.82, 2.24) is 30.3 Å². The molecule has 4 aromatic rings. The summed E-state index contributed by atoms with van der Waals surface area (Å²) in [6.45, 7) is 3.04. The Balaban J connectivity index is 1.53. The molecule has 0 bridgehead atoms. The molecule has 0 aliphatic heterocycles. The Hall–Kier alpha value is -4.02. The smallest absolute Gasteiger partial charge is 0.258 e. The number of ether oxygens (including phenoxy) is 1. The second kappa shape index (κ2) is 8.61. The molecule has 2 heterocycles. The van der Waals surface area contributed by atoms with Crippen molar-refractivity contribution >= 4 is 28.4 Å². The molecule has 0 fully saturated rings. The standard InChI is InChI=1S/C21H21F2N7O2/c1-11(2)25-18(31)10-32-19-15(22)7-12(8-16(19)23)20-27-21(30(3)29-20)26-14-4-5-17-13(6-14)9-24-28-17/h4-9,11H,10H2,1-3H3,(H,24,28)(H,25,31)(H,26,27,29). The molecule has 0 saturated heterocycles. The highest BCUT2D eigenvalue weighted by Crippen LogP contribution is 2.29. The van der Waals surface area contributed by atoms with Crippen LogP contribution in [0.3, 0.4) is 0 Å². The number of aryl methyl sites for hydroxylation is 1. The van der Waals surface area contributed by atoms with E-state index in [1.54, 1.807) is 27.1 Å². The van der Waals surface area contributed by atoms with E-state index in [1.807, 2.05) is 18.2 Å². The number of halogens is 2. The predicted octanol–water partition coefficient (Wildman–Crippen LogP) is 3.28. The number of carbonyl (C=O) groups is 1. The Morgan fingerprint density at radius 1 is 1.22 bits per heavy atom. The van der Waals surface area contributed by atoms with Gasteiger partial charge >= 0.3 is 0 Å². The summed E-state index contributed by atoms with van der Waals surface area (Å²) in [5.74, 6) is -2.50. The van der Waals surface area contributed by atoms with Crippen LogP contribution in [-0.4, -0.2) is 43.5 Å². The first-order valence-corrected chi connectivity index (χ1v) is 9.83. The molecule has 0 aliphatic carbocycles. The minimum Gasteiger partial charge on any atom is -0.478 e. The van der Waals surface area contributed by atoms with Crippen LogP contribution in [0.15, 0.2) is 36.5 Å². The molecule has 0 atom stereocenters. The van der Waals surface area contributed by atoms with E-state index in [-0.39, 0.29) is 17.4 Å². The lowest BCUT2D eigenvalue weighted by Crippen LogP contribution is -2.34. The number of anilines is 2. The molecule has 9 nitrogen and oxygen atoms in total. The minimum absolute atomic E-state index is 0.109. The van der Waals surface area contributed by atoms with E-state index >= 15 is 0 Å². The largest absolute Gasteiger partial charge is 0.478 e. The van der Waals surface area contributed by atoms with Crippen LogP contribution in [0.5, 0.6) is 5.75 Å². The number of amides is 1. The van der Waals surface area contributed by atoms with Crippen molar-refractivity contribution in [1.29, 1.82) is 0 Å². The van der Waals surface area contributed by atoms with E-state index in [0.717, 1.165) is 28.7 Å². The number of benzene rings is 2. The topological polar surface area (TPSA) is 110 Å². The van der Waals surface area contributed by atoms with Crippen LogP contribution in [0.4, 0.5) is 20.4 Å². The molecule has 166 valence electrons. The highest BCUT2D eigenvalue weighted by Gasteiger charge is 2.18. The van der Waals surface area contributed by atoms with Gasteiger partial charge in [-0.15, -0.1) is 5.10 Å². The summed E-state index contributed by atoms with van der Waals surface area (Å²) in [6.07, 6.45) is 1.70. The molecule has 0 saturated carbocycles. The van der Waals surface area contributed by atoms with Gasteiger partial charge in [-0.1, -0.05) is 0 Å². The van der Waals surface area contributed by atoms with Crippen LogP contribution in [0.2, 0.25) is 0 Å². The molecule has 4 rings (SSSR count). The first-order chi connectivity index (χ1) is 15.3. The molecule has 1 amide bonds. The number of nitrogens with zero attached hydrogens (tertiary/aromatic N) is 4. The monoisotopic (exact) mass is 441 g/mol. The fraction of sp³-hybridized carbons (Fsp3) is 0.238. The van der Waals surface area contributed by atoms with E-state index in [2.05, 4.69) is 30.9 Å². The van der Waals surface area contributed by atoms with E-state index in [4.69, 9.17) is 4.74 Å².